The van der Waals surface area contributed by atoms with E-state index < -0.39 is 6.10 Å². The van der Waals surface area contributed by atoms with E-state index in [-0.39, 0.29) is 24.8 Å². The summed E-state index contributed by atoms with van der Waals surface area (Å²) in [6, 6.07) is 16.8. The van der Waals surface area contributed by atoms with E-state index in [1.54, 1.807) is 19.2 Å². The largest absolute Gasteiger partial charge is 0.497 e. The van der Waals surface area contributed by atoms with Crippen LogP contribution in [0, 0.1) is 5.92 Å². The predicted molar refractivity (Wildman–Crippen MR) is 148 cm³/mol. The van der Waals surface area contributed by atoms with Crippen LogP contribution in [-0.2, 0) is 20.8 Å². The molecule has 3 rings (SSSR count). The van der Waals surface area contributed by atoms with E-state index in [1.165, 1.54) is 0 Å². The van der Waals surface area contributed by atoms with Crippen molar-refractivity contribution in [2.45, 2.75) is 63.9 Å². The molecule has 1 heterocycles. The Bertz CT molecular complexity index is 1010. The first kappa shape index (κ1) is 28.4. The van der Waals surface area contributed by atoms with Crippen molar-refractivity contribution in [1.82, 2.24) is 0 Å². The highest BCUT2D eigenvalue weighted by Gasteiger charge is 2.22. The fourth-order valence-electron chi connectivity index (χ4n) is 4.57. The van der Waals surface area contributed by atoms with Crippen LogP contribution in [0.4, 0.5) is 0 Å². The van der Waals surface area contributed by atoms with Gasteiger partial charge in [0.05, 0.1) is 38.1 Å². The van der Waals surface area contributed by atoms with Gasteiger partial charge in [0.1, 0.15) is 11.9 Å². The quantitative estimate of drug-likeness (QED) is 0.191. The fourth-order valence-corrected chi connectivity index (χ4v) is 4.57. The van der Waals surface area contributed by atoms with Gasteiger partial charge in [0.15, 0.2) is 0 Å². The summed E-state index contributed by atoms with van der Waals surface area (Å²) in [6.07, 6.45) is 10.3. The lowest BCUT2D eigenvalue weighted by molar-refractivity contribution is -0.00928. The van der Waals surface area contributed by atoms with E-state index in [9.17, 15) is 4.79 Å². The van der Waals surface area contributed by atoms with Crippen LogP contribution < -0.4 is 4.74 Å². The molecular weight excluding hydrogens is 464 g/mol. The van der Waals surface area contributed by atoms with E-state index in [4.69, 9.17) is 18.9 Å². The van der Waals surface area contributed by atoms with Crippen molar-refractivity contribution in [3.63, 3.8) is 0 Å². The normalized spacial score (nSPS) is 18.5. The molecule has 5 nitrogen and oxygen atoms in total. The SMILES string of the molecule is C=CC[C@@H]1C=CC[C@@H](C[C@@H](C)CC(=C)C[C@@H](COCc2ccc(OC)cc2)OC(=O)c2ccccc2)O1. The molecule has 198 valence electrons. The topological polar surface area (TPSA) is 54.0 Å². The summed E-state index contributed by atoms with van der Waals surface area (Å²) in [6.45, 7) is 11.1. The van der Waals surface area contributed by atoms with Crippen molar-refractivity contribution in [2.75, 3.05) is 13.7 Å². The third-order valence-corrected chi connectivity index (χ3v) is 6.35. The van der Waals surface area contributed by atoms with Crippen molar-refractivity contribution in [2.24, 2.45) is 5.92 Å². The van der Waals surface area contributed by atoms with Gasteiger partial charge in [-0.15, -0.1) is 6.58 Å². The van der Waals surface area contributed by atoms with Crippen LogP contribution in [0.2, 0.25) is 0 Å². The first-order valence-corrected chi connectivity index (χ1v) is 13.0. The number of benzene rings is 2. The van der Waals surface area contributed by atoms with Gasteiger partial charge < -0.3 is 18.9 Å². The molecule has 0 fully saturated rings. The minimum Gasteiger partial charge on any atom is -0.497 e. The van der Waals surface area contributed by atoms with Crippen LogP contribution >= 0.6 is 0 Å². The number of carbonyl (C=O) groups excluding carboxylic acids is 1. The summed E-state index contributed by atoms with van der Waals surface area (Å²) in [5.41, 5.74) is 2.59. The summed E-state index contributed by atoms with van der Waals surface area (Å²) >= 11 is 0. The number of rotatable bonds is 15. The van der Waals surface area contributed by atoms with Crippen molar-refractivity contribution in [1.29, 1.82) is 0 Å². The second-order valence-electron chi connectivity index (χ2n) is 9.74. The molecule has 0 radical (unpaired) electrons. The zero-order valence-electron chi connectivity index (χ0n) is 22.1. The Labute approximate surface area is 221 Å². The van der Waals surface area contributed by atoms with Gasteiger partial charge in [0.2, 0.25) is 0 Å². The number of ether oxygens (including phenoxy) is 4. The van der Waals surface area contributed by atoms with Crippen molar-refractivity contribution in [3.8, 4) is 5.75 Å². The summed E-state index contributed by atoms with van der Waals surface area (Å²) in [7, 11) is 1.64. The van der Waals surface area contributed by atoms with Gasteiger partial charge in [-0.3, -0.25) is 0 Å². The van der Waals surface area contributed by atoms with Crippen LogP contribution in [0.3, 0.4) is 0 Å². The Morgan fingerprint density at radius 1 is 1.14 bits per heavy atom. The minimum absolute atomic E-state index is 0.122. The minimum atomic E-state index is -0.420. The molecule has 0 unspecified atom stereocenters. The lowest BCUT2D eigenvalue weighted by atomic mass is 9.91. The molecule has 1 aliphatic heterocycles. The van der Waals surface area contributed by atoms with Crippen LogP contribution in [-0.4, -0.2) is 38.0 Å². The second kappa shape index (κ2) is 15.2. The molecule has 0 aliphatic carbocycles. The number of hydrogen-bond acceptors (Lipinski definition) is 5. The maximum absolute atomic E-state index is 12.8. The Morgan fingerprint density at radius 2 is 1.89 bits per heavy atom. The summed E-state index contributed by atoms with van der Waals surface area (Å²) < 4.78 is 23.2. The molecular formula is C32H40O5. The van der Waals surface area contributed by atoms with Crippen molar-refractivity contribution < 1.29 is 23.7 Å². The van der Waals surface area contributed by atoms with Crippen LogP contribution in [0.1, 0.15) is 54.9 Å². The zero-order chi connectivity index (χ0) is 26.5. The van der Waals surface area contributed by atoms with E-state index in [0.717, 1.165) is 42.6 Å². The fraction of sp³-hybridized carbons (Fsp3) is 0.406. The van der Waals surface area contributed by atoms with E-state index >= 15 is 0 Å². The van der Waals surface area contributed by atoms with Crippen molar-refractivity contribution >= 4 is 5.97 Å². The third kappa shape index (κ3) is 10.0. The van der Waals surface area contributed by atoms with E-state index in [0.29, 0.717) is 24.5 Å². The summed E-state index contributed by atoms with van der Waals surface area (Å²) in [5.74, 6) is 0.851. The molecule has 0 N–H and O–H groups in total. The molecule has 37 heavy (non-hydrogen) atoms. The molecule has 4 atom stereocenters. The molecule has 0 saturated carbocycles. The number of hydrogen-bond donors (Lipinski definition) is 0. The highest BCUT2D eigenvalue weighted by atomic mass is 16.6. The van der Waals surface area contributed by atoms with Gasteiger partial charge in [-0.1, -0.05) is 67.6 Å². The van der Waals surface area contributed by atoms with Gasteiger partial charge in [0, 0.05) is 6.42 Å². The van der Waals surface area contributed by atoms with Crippen LogP contribution in [0.25, 0.3) is 0 Å². The highest BCUT2D eigenvalue weighted by Crippen LogP contribution is 2.26. The average molecular weight is 505 g/mol. The number of esters is 1. The predicted octanol–water partition coefficient (Wildman–Crippen LogP) is 7.09. The summed E-state index contributed by atoms with van der Waals surface area (Å²) in [5, 5.41) is 0. The van der Waals surface area contributed by atoms with E-state index in [2.05, 4.69) is 32.2 Å². The first-order valence-electron chi connectivity index (χ1n) is 13.0. The molecule has 0 amide bonds. The number of methoxy groups -OCH3 is 1. The van der Waals surface area contributed by atoms with Gasteiger partial charge >= 0.3 is 5.97 Å². The summed E-state index contributed by atoms with van der Waals surface area (Å²) in [4.78, 5) is 12.8. The second-order valence-corrected chi connectivity index (χ2v) is 9.74. The van der Waals surface area contributed by atoms with Crippen LogP contribution in [0.15, 0.2) is 91.6 Å². The first-order chi connectivity index (χ1) is 18.0. The monoisotopic (exact) mass is 504 g/mol. The average Bonchev–Trinajstić information content (AvgIpc) is 2.89. The lowest BCUT2D eigenvalue weighted by Gasteiger charge is -2.28. The third-order valence-electron chi connectivity index (χ3n) is 6.35. The maximum atomic E-state index is 12.8. The molecule has 2 aromatic carbocycles. The molecule has 0 aromatic heterocycles. The molecule has 0 spiro atoms. The Hall–Kier alpha value is -3.15. The standard InChI is InChI=1S/C32H40O5/c1-5-10-29-13-9-14-30(36-29)20-24(2)19-25(3)21-31(37-32(33)27-11-7-6-8-12-27)23-35-22-26-15-17-28(34-4)18-16-26/h5-9,11-13,15-18,24,29-31H,1,3,10,14,19-23H2,2,4H3/t24-,29+,30-,31-/m0/s1. The molecule has 1 aliphatic rings. The maximum Gasteiger partial charge on any atom is 0.338 e. The molecule has 0 saturated heterocycles. The Balaban J connectivity index is 1.53. The van der Waals surface area contributed by atoms with Gasteiger partial charge in [-0.05, 0) is 61.4 Å². The molecule has 5 heteroatoms. The lowest BCUT2D eigenvalue weighted by Crippen LogP contribution is -2.26. The van der Waals surface area contributed by atoms with Gasteiger partial charge in [-0.25, -0.2) is 4.79 Å². The van der Waals surface area contributed by atoms with Crippen molar-refractivity contribution in [3.05, 3.63) is 103 Å². The highest BCUT2D eigenvalue weighted by molar-refractivity contribution is 5.89. The van der Waals surface area contributed by atoms with E-state index in [1.807, 2.05) is 48.5 Å². The molecule has 2 aromatic rings. The number of carbonyl (C=O) groups is 1. The zero-order valence-corrected chi connectivity index (χ0v) is 22.1. The Morgan fingerprint density at radius 3 is 2.59 bits per heavy atom. The van der Waals surface area contributed by atoms with Gasteiger partial charge in [0.25, 0.3) is 0 Å². The smallest absolute Gasteiger partial charge is 0.338 e. The van der Waals surface area contributed by atoms with Gasteiger partial charge in [-0.2, -0.15) is 0 Å². The molecule has 0 bridgehead atoms. The van der Waals surface area contributed by atoms with Crippen LogP contribution in [0.5, 0.6) is 5.75 Å². The Kier molecular flexibility index (Phi) is 11.7.